The lowest BCUT2D eigenvalue weighted by atomic mass is 9.96. The molecule has 26 heavy (non-hydrogen) atoms. The standard InChI is InChI=1S/C21H17FN2O2/c22-16-7-5-14(6-8-16)20(15-9-11-23-12-10-15)24-21(25)18-13-26-19-4-2-1-3-17(18)19/h1-12,18,20H,13H2,(H,24,25)/t18-,20-/m1/s1. The third-order valence-corrected chi connectivity index (χ3v) is 4.55. The van der Waals surface area contributed by atoms with Crippen LogP contribution in [0.1, 0.15) is 28.7 Å². The van der Waals surface area contributed by atoms with Gasteiger partial charge in [-0.2, -0.15) is 0 Å². The van der Waals surface area contributed by atoms with E-state index in [1.165, 1.54) is 12.1 Å². The number of nitrogens with one attached hydrogen (secondary N) is 1. The summed E-state index contributed by atoms with van der Waals surface area (Å²) in [5.41, 5.74) is 2.57. The molecule has 0 spiro atoms. The molecular formula is C21H17FN2O2. The number of carbonyl (C=O) groups excluding carboxylic acids is 1. The average Bonchev–Trinajstić information content (AvgIpc) is 3.12. The van der Waals surface area contributed by atoms with Crippen molar-refractivity contribution in [3.05, 3.63) is 95.6 Å². The Bertz CT molecular complexity index is 913. The fourth-order valence-corrected chi connectivity index (χ4v) is 3.19. The van der Waals surface area contributed by atoms with E-state index in [2.05, 4.69) is 10.3 Å². The van der Waals surface area contributed by atoms with Crippen molar-refractivity contribution in [3.8, 4) is 5.75 Å². The van der Waals surface area contributed by atoms with E-state index >= 15 is 0 Å². The highest BCUT2D eigenvalue weighted by atomic mass is 19.1. The Kier molecular flexibility index (Phi) is 4.35. The van der Waals surface area contributed by atoms with Crippen LogP contribution in [0.5, 0.6) is 5.75 Å². The maximum atomic E-state index is 13.3. The maximum Gasteiger partial charge on any atom is 0.231 e. The van der Waals surface area contributed by atoms with Crippen LogP contribution < -0.4 is 10.1 Å². The molecule has 0 unspecified atom stereocenters. The summed E-state index contributed by atoms with van der Waals surface area (Å²) in [5, 5.41) is 3.08. The van der Waals surface area contributed by atoms with Crippen LogP contribution in [-0.2, 0) is 4.79 Å². The van der Waals surface area contributed by atoms with Crippen LogP contribution in [0.3, 0.4) is 0 Å². The normalized spacial score (nSPS) is 16.4. The van der Waals surface area contributed by atoms with Gasteiger partial charge in [-0.1, -0.05) is 30.3 Å². The number of amides is 1. The molecule has 0 saturated heterocycles. The van der Waals surface area contributed by atoms with Crippen LogP contribution in [0, 0.1) is 5.82 Å². The summed E-state index contributed by atoms with van der Waals surface area (Å²) < 4.78 is 18.9. The molecule has 2 heterocycles. The minimum Gasteiger partial charge on any atom is -0.492 e. The largest absolute Gasteiger partial charge is 0.492 e. The molecule has 130 valence electrons. The molecule has 0 aliphatic carbocycles. The van der Waals surface area contributed by atoms with Gasteiger partial charge in [-0.15, -0.1) is 0 Å². The maximum absolute atomic E-state index is 13.3. The Morgan fingerprint density at radius 3 is 2.50 bits per heavy atom. The first-order valence-corrected chi connectivity index (χ1v) is 8.40. The number of para-hydroxylation sites is 1. The van der Waals surface area contributed by atoms with Crippen molar-refractivity contribution in [1.29, 1.82) is 0 Å². The van der Waals surface area contributed by atoms with E-state index in [-0.39, 0.29) is 23.7 Å². The van der Waals surface area contributed by atoms with Gasteiger partial charge in [0.1, 0.15) is 24.1 Å². The highest BCUT2D eigenvalue weighted by molar-refractivity contribution is 5.86. The van der Waals surface area contributed by atoms with Crippen LogP contribution in [0.25, 0.3) is 0 Å². The Labute approximate surface area is 150 Å². The molecule has 4 nitrogen and oxygen atoms in total. The number of hydrogen-bond donors (Lipinski definition) is 1. The predicted octanol–water partition coefficient (Wildman–Crippen LogP) is 3.60. The van der Waals surface area contributed by atoms with Gasteiger partial charge in [-0.25, -0.2) is 4.39 Å². The first-order chi connectivity index (χ1) is 12.7. The minimum absolute atomic E-state index is 0.124. The summed E-state index contributed by atoms with van der Waals surface area (Å²) in [6, 6.07) is 17.0. The quantitative estimate of drug-likeness (QED) is 0.784. The molecule has 0 fully saturated rings. The Morgan fingerprint density at radius 1 is 1.04 bits per heavy atom. The van der Waals surface area contributed by atoms with Crippen molar-refractivity contribution < 1.29 is 13.9 Å². The van der Waals surface area contributed by atoms with Crippen molar-refractivity contribution in [2.45, 2.75) is 12.0 Å². The van der Waals surface area contributed by atoms with E-state index in [4.69, 9.17) is 4.74 Å². The number of halogens is 1. The molecule has 1 aliphatic heterocycles. The van der Waals surface area contributed by atoms with Gasteiger partial charge in [-0.05, 0) is 41.5 Å². The van der Waals surface area contributed by atoms with E-state index in [0.717, 1.165) is 22.4 Å². The van der Waals surface area contributed by atoms with Gasteiger partial charge in [0.05, 0.1) is 6.04 Å². The molecule has 0 bridgehead atoms. The summed E-state index contributed by atoms with van der Waals surface area (Å²) in [6.07, 6.45) is 3.35. The number of aromatic nitrogens is 1. The summed E-state index contributed by atoms with van der Waals surface area (Å²) in [4.78, 5) is 17.0. The van der Waals surface area contributed by atoms with Gasteiger partial charge in [0.2, 0.25) is 5.91 Å². The van der Waals surface area contributed by atoms with Crippen molar-refractivity contribution in [2.24, 2.45) is 0 Å². The SMILES string of the molecule is O=C(N[C@@H](c1ccncc1)c1ccc(F)cc1)[C@@H]1COc2ccccc21. The van der Waals surface area contributed by atoms with E-state index in [1.807, 2.05) is 36.4 Å². The summed E-state index contributed by atoms with van der Waals surface area (Å²) >= 11 is 0. The molecule has 1 aromatic heterocycles. The van der Waals surface area contributed by atoms with Crippen molar-refractivity contribution >= 4 is 5.91 Å². The molecule has 1 amide bonds. The first-order valence-electron chi connectivity index (χ1n) is 8.40. The number of hydrogen-bond acceptors (Lipinski definition) is 3. The Morgan fingerprint density at radius 2 is 1.73 bits per heavy atom. The summed E-state index contributed by atoms with van der Waals surface area (Å²) in [7, 11) is 0. The number of pyridine rings is 1. The van der Waals surface area contributed by atoms with Crippen LogP contribution in [0.2, 0.25) is 0 Å². The Hall–Kier alpha value is -3.21. The first kappa shape index (κ1) is 16.3. The van der Waals surface area contributed by atoms with E-state index in [1.54, 1.807) is 24.5 Å². The zero-order chi connectivity index (χ0) is 17.9. The van der Waals surface area contributed by atoms with Gasteiger partial charge in [0, 0.05) is 18.0 Å². The number of rotatable bonds is 4. The molecule has 4 rings (SSSR count). The third kappa shape index (κ3) is 3.16. The molecule has 5 heteroatoms. The minimum atomic E-state index is -0.390. The molecule has 1 N–H and O–H groups in total. The molecular weight excluding hydrogens is 331 g/mol. The second-order valence-corrected chi connectivity index (χ2v) is 6.18. The number of benzene rings is 2. The summed E-state index contributed by atoms with van der Waals surface area (Å²) in [5.74, 6) is -0.0568. The van der Waals surface area contributed by atoms with Crippen molar-refractivity contribution in [1.82, 2.24) is 10.3 Å². The van der Waals surface area contributed by atoms with Crippen LogP contribution in [-0.4, -0.2) is 17.5 Å². The zero-order valence-electron chi connectivity index (χ0n) is 13.9. The lowest BCUT2D eigenvalue weighted by molar-refractivity contribution is -0.123. The second-order valence-electron chi connectivity index (χ2n) is 6.18. The van der Waals surface area contributed by atoms with Crippen molar-refractivity contribution in [3.63, 3.8) is 0 Å². The molecule has 0 radical (unpaired) electrons. The second kappa shape index (κ2) is 6.96. The van der Waals surface area contributed by atoms with Gasteiger partial charge in [0.15, 0.2) is 0 Å². The molecule has 2 atom stereocenters. The predicted molar refractivity (Wildman–Crippen MR) is 95.3 cm³/mol. The van der Waals surface area contributed by atoms with E-state index < -0.39 is 0 Å². The monoisotopic (exact) mass is 348 g/mol. The topological polar surface area (TPSA) is 51.2 Å². The van der Waals surface area contributed by atoms with Crippen LogP contribution >= 0.6 is 0 Å². The Balaban J connectivity index is 1.63. The molecule has 2 aromatic carbocycles. The van der Waals surface area contributed by atoms with Gasteiger partial charge in [0.25, 0.3) is 0 Å². The van der Waals surface area contributed by atoms with E-state index in [9.17, 15) is 9.18 Å². The number of nitrogens with zero attached hydrogens (tertiary/aromatic N) is 1. The molecule has 3 aromatic rings. The number of fused-ring (bicyclic) bond motifs is 1. The fourth-order valence-electron chi connectivity index (χ4n) is 3.19. The third-order valence-electron chi connectivity index (χ3n) is 4.55. The number of carbonyl (C=O) groups is 1. The zero-order valence-corrected chi connectivity index (χ0v) is 13.9. The number of ether oxygens (including phenoxy) is 1. The highest BCUT2D eigenvalue weighted by Crippen LogP contribution is 2.34. The fraction of sp³-hybridized carbons (Fsp3) is 0.143. The van der Waals surface area contributed by atoms with Gasteiger partial charge < -0.3 is 10.1 Å². The van der Waals surface area contributed by atoms with Gasteiger partial charge >= 0.3 is 0 Å². The lowest BCUT2D eigenvalue weighted by Crippen LogP contribution is -2.34. The molecule has 1 aliphatic rings. The highest BCUT2D eigenvalue weighted by Gasteiger charge is 2.31. The van der Waals surface area contributed by atoms with Crippen LogP contribution in [0.4, 0.5) is 4.39 Å². The van der Waals surface area contributed by atoms with Gasteiger partial charge in [-0.3, -0.25) is 9.78 Å². The molecule has 0 saturated carbocycles. The smallest absolute Gasteiger partial charge is 0.231 e. The van der Waals surface area contributed by atoms with Crippen LogP contribution in [0.15, 0.2) is 73.1 Å². The summed E-state index contributed by atoms with van der Waals surface area (Å²) in [6.45, 7) is 0.317. The lowest BCUT2D eigenvalue weighted by Gasteiger charge is -2.21. The van der Waals surface area contributed by atoms with Crippen molar-refractivity contribution in [2.75, 3.05) is 6.61 Å². The van der Waals surface area contributed by atoms with E-state index in [0.29, 0.717) is 6.61 Å². The average molecular weight is 348 g/mol.